The normalized spacial score (nSPS) is 16.4. The highest BCUT2D eigenvalue weighted by Crippen LogP contribution is 2.52. The quantitative estimate of drug-likeness (QED) is 0.189. The van der Waals surface area contributed by atoms with Crippen molar-refractivity contribution in [3.05, 3.63) is 188 Å². The number of para-hydroxylation sites is 4. The van der Waals surface area contributed by atoms with Crippen LogP contribution in [0, 0.1) is 0 Å². The highest BCUT2D eigenvalue weighted by atomic mass is 15.2. The summed E-state index contributed by atoms with van der Waals surface area (Å²) in [6, 6.07) is 56.9. The largest absolute Gasteiger partial charge is 0.333 e. The van der Waals surface area contributed by atoms with Gasteiger partial charge < -0.3 is 9.47 Å². The van der Waals surface area contributed by atoms with E-state index in [9.17, 15) is 0 Å². The van der Waals surface area contributed by atoms with Crippen LogP contribution in [-0.4, -0.2) is 20.2 Å². The first-order valence-corrected chi connectivity index (χ1v) is 17.7. The molecule has 0 spiro atoms. The van der Waals surface area contributed by atoms with Crippen LogP contribution >= 0.6 is 0 Å². The molecule has 0 saturated heterocycles. The van der Waals surface area contributed by atoms with Crippen molar-refractivity contribution in [3.63, 3.8) is 0 Å². The summed E-state index contributed by atoms with van der Waals surface area (Å²) >= 11 is 0. The van der Waals surface area contributed by atoms with E-state index in [0.29, 0.717) is 0 Å². The third-order valence-electron chi connectivity index (χ3n) is 10.8. The molecule has 0 saturated carbocycles. The SMILES string of the molecule is C1=CC2c3c(ccc4c5ccccc5n(-c5ccccc5)c34)N(c3cc(-c4ccccc4)nc(-n4c5ccccc5c5ccccc54)c3)C2C=C1. The number of allylic oxidation sites excluding steroid dienone is 2. The van der Waals surface area contributed by atoms with Crippen LogP contribution in [0.1, 0.15) is 11.5 Å². The van der Waals surface area contributed by atoms with E-state index in [0.717, 1.165) is 33.8 Å². The maximum atomic E-state index is 5.41. The van der Waals surface area contributed by atoms with Crippen LogP contribution in [0.5, 0.6) is 0 Å². The van der Waals surface area contributed by atoms with E-state index in [1.54, 1.807) is 0 Å². The topological polar surface area (TPSA) is 26.0 Å². The predicted octanol–water partition coefficient (Wildman–Crippen LogP) is 11.7. The third kappa shape index (κ3) is 4.11. The van der Waals surface area contributed by atoms with Gasteiger partial charge in [-0.05, 0) is 42.5 Å². The molecule has 4 nitrogen and oxygen atoms in total. The van der Waals surface area contributed by atoms with Crippen LogP contribution in [0.4, 0.5) is 11.4 Å². The van der Waals surface area contributed by atoms with Crippen molar-refractivity contribution in [1.29, 1.82) is 0 Å². The van der Waals surface area contributed by atoms with Gasteiger partial charge in [-0.25, -0.2) is 4.98 Å². The number of rotatable bonds is 4. The minimum Gasteiger partial charge on any atom is -0.333 e. The number of benzene rings is 6. The Hall–Kier alpha value is -6.65. The summed E-state index contributed by atoms with van der Waals surface area (Å²) < 4.78 is 4.81. The fourth-order valence-electron chi connectivity index (χ4n) is 8.72. The summed E-state index contributed by atoms with van der Waals surface area (Å²) in [4.78, 5) is 7.96. The highest BCUT2D eigenvalue weighted by molar-refractivity contribution is 6.13. The van der Waals surface area contributed by atoms with E-state index < -0.39 is 0 Å². The molecule has 3 aromatic heterocycles. The zero-order valence-electron chi connectivity index (χ0n) is 27.8. The van der Waals surface area contributed by atoms with Crippen LogP contribution < -0.4 is 4.90 Å². The minimum absolute atomic E-state index is 0.106. The molecule has 0 bridgehead atoms. The zero-order chi connectivity index (χ0) is 33.5. The monoisotopic (exact) mass is 652 g/mol. The van der Waals surface area contributed by atoms with Crippen molar-refractivity contribution < 1.29 is 0 Å². The Bertz CT molecular complexity index is 2820. The first kappa shape index (κ1) is 28.2. The number of anilines is 2. The molecule has 0 N–H and O–H groups in total. The Morgan fingerprint density at radius 1 is 0.471 bits per heavy atom. The fraction of sp³-hybridized carbons (Fsp3) is 0.0426. The first-order valence-electron chi connectivity index (χ1n) is 17.7. The number of aromatic nitrogens is 3. The van der Waals surface area contributed by atoms with Crippen molar-refractivity contribution in [3.8, 4) is 22.8 Å². The predicted molar refractivity (Wildman–Crippen MR) is 212 cm³/mol. The average Bonchev–Trinajstić information content (AvgIpc) is 3.84. The molecule has 1 aliphatic carbocycles. The van der Waals surface area contributed by atoms with Gasteiger partial charge in [-0.15, -0.1) is 0 Å². The third-order valence-corrected chi connectivity index (χ3v) is 10.8. The van der Waals surface area contributed by atoms with Crippen molar-refractivity contribution >= 4 is 55.0 Å². The fourth-order valence-corrected chi connectivity index (χ4v) is 8.72. The molecule has 9 aromatic rings. The molecular formula is C47H32N4. The van der Waals surface area contributed by atoms with E-state index in [1.807, 2.05) is 0 Å². The molecule has 0 radical (unpaired) electrons. The molecular weight excluding hydrogens is 621 g/mol. The van der Waals surface area contributed by atoms with E-state index >= 15 is 0 Å². The number of fused-ring (bicyclic) bond motifs is 10. The molecule has 2 aliphatic rings. The molecule has 51 heavy (non-hydrogen) atoms. The maximum Gasteiger partial charge on any atom is 0.140 e. The summed E-state index contributed by atoms with van der Waals surface area (Å²) in [6.45, 7) is 0. The number of hydrogen-bond donors (Lipinski definition) is 0. The summed E-state index contributed by atoms with van der Waals surface area (Å²) in [7, 11) is 0. The van der Waals surface area contributed by atoms with E-state index in [4.69, 9.17) is 4.98 Å². The number of hydrogen-bond acceptors (Lipinski definition) is 2. The first-order chi connectivity index (χ1) is 25.3. The second kappa shape index (κ2) is 10.9. The Kier molecular flexibility index (Phi) is 6.05. The van der Waals surface area contributed by atoms with Gasteiger partial charge in [0.1, 0.15) is 5.82 Å². The molecule has 11 rings (SSSR count). The zero-order valence-corrected chi connectivity index (χ0v) is 27.8. The highest BCUT2D eigenvalue weighted by Gasteiger charge is 2.40. The van der Waals surface area contributed by atoms with Gasteiger partial charge in [-0.2, -0.15) is 0 Å². The summed E-state index contributed by atoms with van der Waals surface area (Å²) in [5, 5.41) is 5.00. The molecule has 0 amide bonds. The second-order valence-electron chi connectivity index (χ2n) is 13.5. The van der Waals surface area contributed by atoms with Crippen molar-refractivity contribution in [2.45, 2.75) is 12.0 Å². The van der Waals surface area contributed by atoms with E-state index in [1.165, 1.54) is 49.5 Å². The van der Waals surface area contributed by atoms with Gasteiger partial charge in [0.05, 0.1) is 33.8 Å². The summed E-state index contributed by atoms with van der Waals surface area (Å²) in [6.07, 6.45) is 9.18. The molecule has 2 unspecified atom stereocenters. The molecule has 240 valence electrons. The van der Waals surface area contributed by atoms with Crippen molar-refractivity contribution in [2.75, 3.05) is 4.90 Å². The molecule has 6 aromatic carbocycles. The Morgan fingerprint density at radius 2 is 1.06 bits per heavy atom. The molecule has 4 heteroatoms. The van der Waals surface area contributed by atoms with Crippen molar-refractivity contribution in [2.24, 2.45) is 0 Å². The van der Waals surface area contributed by atoms with Crippen LogP contribution in [0.15, 0.2) is 182 Å². The lowest BCUT2D eigenvalue weighted by molar-refractivity contribution is 0.745. The van der Waals surface area contributed by atoms with E-state index in [2.05, 4.69) is 196 Å². The average molecular weight is 653 g/mol. The molecule has 1 aliphatic heterocycles. The van der Waals surface area contributed by atoms with Crippen LogP contribution in [0.3, 0.4) is 0 Å². The lowest BCUT2D eigenvalue weighted by Gasteiger charge is -2.29. The second-order valence-corrected chi connectivity index (χ2v) is 13.5. The Labute approximate surface area is 295 Å². The van der Waals surface area contributed by atoms with Gasteiger partial charge >= 0.3 is 0 Å². The van der Waals surface area contributed by atoms with Crippen molar-refractivity contribution in [1.82, 2.24) is 14.1 Å². The van der Waals surface area contributed by atoms with Gasteiger partial charge in [0, 0.05) is 61.7 Å². The van der Waals surface area contributed by atoms with Gasteiger partial charge in [-0.1, -0.05) is 133 Å². The van der Waals surface area contributed by atoms with Crippen LogP contribution in [0.25, 0.3) is 66.4 Å². The molecule has 0 fully saturated rings. The van der Waals surface area contributed by atoms with Gasteiger partial charge in [0.2, 0.25) is 0 Å². The minimum atomic E-state index is 0.106. The molecule has 2 atom stereocenters. The van der Waals surface area contributed by atoms with E-state index in [-0.39, 0.29) is 12.0 Å². The Morgan fingerprint density at radius 3 is 1.76 bits per heavy atom. The molecule has 4 heterocycles. The smallest absolute Gasteiger partial charge is 0.140 e. The van der Waals surface area contributed by atoms with Crippen LogP contribution in [0.2, 0.25) is 0 Å². The van der Waals surface area contributed by atoms with Gasteiger partial charge in [0.25, 0.3) is 0 Å². The Balaban J connectivity index is 1.22. The maximum absolute atomic E-state index is 5.41. The standard InChI is InChI=1S/C47H32N4/c1-3-15-31(16-4-1)39-29-33(30-45(48-39)51-41-24-12-7-19-34(41)35-20-8-13-25-42(35)51)49-43-26-14-10-22-38(43)46-44(49)28-27-37-36-21-9-11-23-40(36)50(47(37)46)32-17-5-2-6-18-32/h1-30,38,43H. The van der Waals surface area contributed by atoms with Gasteiger partial charge in [-0.3, -0.25) is 4.57 Å². The van der Waals surface area contributed by atoms with Gasteiger partial charge in [0.15, 0.2) is 0 Å². The number of nitrogens with zero attached hydrogens (tertiary/aromatic N) is 4. The summed E-state index contributed by atoms with van der Waals surface area (Å²) in [5.74, 6) is 1.08. The number of pyridine rings is 1. The van der Waals surface area contributed by atoms with Crippen LogP contribution in [-0.2, 0) is 0 Å². The lowest BCUT2D eigenvalue weighted by atomic mass is 9.90. The lowest BCUT2D eigenvalue weighted by Crippen LogP contribution is -2.28. The summed E-state index contributed by atoms with van der Waals surface area (Å²) in [5.41, 5.74) is 11.7.